The molecule has 3 saturated heterocycles. The van der Waals surface area contributed by atoms with E-state index in [1.165, 1.54) is 0 Å². The smallest absolute Gasteiger partial charge is 0.227 e. The maximum absolute atomic E-state index is 10.5. The average Bonchev–Trinajstić information content (AvgIpc) is 1.60. The number of hydrogen-bond donors (Lipinski definition) is 0. The summed E-state index contributed by atoms with van der Waals surface area (Å²) in [5.74, 6) is -0.885. The first-order chi connectivity index (χ1) is 4.18. The van der Waals surface area contributed by atoms with Crippen LogP contribution in [-0.4, -0.2) is 5.97 Å². The maximum atomic E-state index is 10.5. The van der Waals surface area contributed by atoms with Crippen molar-refractivity contribution in [3.8, 4) is 0 Å². The molecule has 3 rings (SSSR count). The average molecular weight is 150 g/mol. The molecule has 0 saturated carbocycles. The molecule has 0 radical (unpaired) electrons. The number of rotatable bonds is 2. The summed E-state index contributed by atoms with van der Waals surface area (Å²) >= 11 is 0. The van der Waals surface area contributed by atoms with E-state index in [0.717, 1.165) is 6.42 Å². The molecular weight excluding hydrogens is 143 g/mol. The Hall–Kier alpha value is 0.110. The van der Waals surface area contributed by atoms with Crippen LogP contribution in [0.15, 0.2) is 0 Å². The Balaban J connectivity index is 1.97. The van der Waals surface area contributed by atoms with Gasteiger partial charge in [-0.25, -0.2) is 18.1 Å². The summed E-state index contributed by atoms with van der Waals surface area (Å²) < 4.78 is 24.8. The minimum absolute atomic E-state index is 0.664. The number of phosphoric acid groups is 1. The molecule has 0 aromatic heterocycles. The van der Waals surface area contributed by atoms with Gasteiger partial charge >= 0.3 is 13.8 Å². The van der Waals surface area contributed by atoms with E-state index in [-0.39, 0.29) is 0 Å². The Bertz CT molecular complexity index is 162. The Kier molecular flexibility index (Phi) is 0.912. The molecule has 3 aliphatic rings. The van der Waals surface area contributed by atoms with Crippen LogP contribution < -0.4 is 0 Å². The summed E-state index contributed by atoms with van der Waals surface area (Å²) in [7, 11) is -2.92. The van der Waals surface area contributed by atoms with Gasteiger partial charge in [-0.3, -0.25) is 0 Å². The summed E-state index contributed by atoms with van der Waals surface area (Å²) in [6.45, 7) is 1.98. The highest BCUT2D eigenvalue weighted by Crippen LogP contribution is 2.80. The van der Waals surface area contributed by atoms with Gasteiger partial charge in [0, 0.05) is 6.42 Å². The summed E-state index contributed by atoms with van der Waals surface area (Å²) in [5.41, 5.74) is 0. The quantitative estimate of drug-likeness (QED) is 0.561. The molecule has 0 amide bonds. The van der Waals surface area contributed by atoms with Crippen LogP contribution in [0, 0.1) is 0 Å². The van der Waals surface area contributed by atoms with Crippen molar-refractivity contribution in [2.75, 3.05) is 0 Å². The zero-order valence-electron chi connectivity index (χ0n) is 4.99. The lowest BCUT2D eigenvalue weighted by atomic mass is 10.3. The summed E-state index contributed by atoms with van der Waals surface area (Å²) in [5, 5.41) is 0. The Morgan fingerprint density at radius 2 is 2.00 bits per heavy atom. The molecule has 3 heterocycles. The molecule has 0 aromatic carbocycles. The van der Waals surface area contributed by atoms with Crippen molar-refractivity contribution in [3.63, 3.8) is 0 Å². The molecule has 0 unspecified atom stereocenters. The molecule has 0 atom stereocenters. The van der Waals surface area contributed by atoms with Crippen molar-refractivity contribution in [1.29, 1.82) is 0 Å². The van der Waals surface area contributed by atoms with E-state index in [1.54, 1.807) is 0 Å². The van der Waals surface area contributed by atoms with E-state index in [2.05, 4.69) is 0 Å². The standard InChI is InChI=1S/C4H7O4P/c1-2-3-4-6-9(5,7-4)8-4/h2-3H2,1H3. The predicted octanol–water partition coefficient (Wildman–Crippen LogP) is 1.63. The van der Waals surface area contributed by atoms with E-state index < -0.39 is 13.8 Å². The van der Waals surface area contributed by atoms with Crippen molar-refractivity contribution in [1.82, 2.24) is 0 Å². The van der Waals surface area contributed by atoms with E-state index >= 15 is 0 Å². The summed E-state index contributed by atoms with van der Waals surface area (Å²) in [6, 6.07) is 0. The highest BCUT2D eigenvalue weighted by molar-refractivity contribution is 7.51. The van der Waals surface area contributed by atoms with Crippen LogP contribution in [0.3, 0.4) is 0 Å². The third-order valence-electron chi connectivity index (χ3n) is 1.31. The highest BCUT2D eigenvalue weighted by atomic mass is 31.2. The molecule has 52 valence electrons. The number of hydrogen-bond acceptors (Lipinski definition) is 4. The molecule has 9 heavy (non-hydrogen) atoms. The first kappa shape index (κ1) is 5.86. The van der Waals surface area contributed by atoms with Crippen LogP contribution >= 0.6 is 7.82 Å². The normalized spacial score (nSPS) is 53.9. The highest BCUT2D eigenvalue weighted by Gasteiger charge is 2.73. The van der Waals surface area contributed by atoms with Crippen LogP contribution in [0.1, 0.15) is 19.8 Å². The third-order valence-corrected chi connectivity index (χ3v) is 2.81. The largest absolute Gasteiger partial charge is 0.488 e. The van der Waals surface area contributed by atoms with Gasteiger partial charge in [0.05, 0.1) is 0 Å². The Morgan fingerprint density at radius 1 is 1.44 bits per heavy atom. The predicted molar refractivity (Wildman–Crippen MR) is 28.5 cm³/mol. The molecule has 0 spiro atoms. The zero-order valence-corrected chi connectivity index (χ0v) is 5.89. The molecule has 0 N–H and O–H groups in total. The van der Waals surface area contributed by atoms with E-state index in [1.807, 2.05) is 6.92 Å². The minimum Gasteiger partial charge on any atom is -0.227 e. The molecule has 3 aliphatic heterocycles. The fourth-order valence-electron chi connectivity index (χ4n) is 0.975. The summed E-state index contributed by atoms with van der Waals surface area (Å²) in [6.07, 6.45) is 1.57. The van der Waals surface area contributed by atoms with Crippen molar-refractivity contribution >= 4 is 7.82 Å². The van der Waals surface area contributed by atoms with Crippen LogP contribution in [0.2, 0.25) is 0 Å². The van der Waals surface area contributed by atoms with Crippen LogP contribution in [0.5, 0.6) is 0 Å². The van der Waals surface area contributed by atoms with Gasteiger partial charge in [0.1, 0.15) is 0 Å². The summed E-state index contributed by atoms with van der Waals surface area (Å²) in [4.78, 5) is 0. The van der Waals surface area contributed by atoms with Gasteiger partial charge in [0.15, 0.2) is 0 Å². The lowest BCUT2D eigenvalue weighted by Crippen LogP contribution is -2.56. The topological polar surface area (TPSA) is 44.8 Å². The lowest BCUT2D eigenvalue weighted by Gasteiger charge is -2.55. The molecule has 0 aromatic rings. The molecule has 4 nitrogen and oxygen atoms in total. The minimum atomic E-state index is -2.92. The van der Waals surface area contributed by atoms with Crippen molar-refractivity contribution in [3.05, 3.63) is 0 Å². The van der Waals surface area contributed by atoms with Gasteiger partial charge in [0.25, 0.3) is 0 Å². The van der Waals surface area contributed by atoms with Crippen LogP contribution in [-0.2, 0) is 18.1 Å². The van der Waals surface area contributed by atoms with Gasteiger partial charge in [-0.2, -0.15) is 0 Å². The Morgan fingerprint density at radius 3 is 2.33 bits per heavy atom. The zero-order chi connectivity index (χ0) is 6.54. The molecule has 3 fully saturated rings. The van der Waals surface area contributed by atoms with Gasteiger partial charge in [-0.05, 0) is 6.42 Å². The van der Waals surface area contributed by atoms with E-state index in [9.17, 15) is 4.57 Å². The van der Waals surface area contributed by atoms with Crippen molar-refractivity contribution in [2.24, 2.45) is 0 Å². The second-order valence-electron chi connectivity index (χ2n) is 2.15. The second-order valence-corrected chi connectivity index (χ2v) is 3.60. The molecule has 0 aliphatic carbocycles. The SMILES string of the molecule is CCCC12OP(=O)(O1)O2. The van der Waals surface area contributed by atoms with Gasteiger partial charge in [-0.1, -0.05) is 6.92 Å². The maximum Gasteiger partial charge on any atom is 0.488 e. The fraction of sp³-hybridized carbons (Fsp3) is 1.00. The fourth-order valence-corrected chi connectivity index (χ4v) is 2.31. The van der Waals surface area contributed by atoms with E-state index in [4.69, 9.17) is 13.6 Å². The molecular formula is C4H7O4P. The van der Waals surface area contributed by atoms with Crippen molar-refractivity contribution in [2.45, 2.75) is 25.7 Å². The van der Waals surface area contributed by atoms with Gasteiger partial charge < -0.3 is 0 Å². The number of phosphoric ester groups is 1. The first-order valence-corrected chi connectivity index (χ1v) is 4.36. The second kappa shape index (κ2) is 1.40. The Labute approximate surface area is 52.7 Å². The van der Waals surface area contributed by atoms with Gasteiger partial charge in [-0.15, -0.1) is 0 Å². The van der Waals surface area contributed by atoms with E-state index in [0.29, 0.717) is 6.42 Å². The lowest BCUT2D eigenvalue weighted by molar-refractivity contribution is -0.430. The monoisotopic (exact) mass is 150 g/mol. The first-order valence-electron chi connectivity index (χ1n) is 2.90. The third kappa shape index (κ3) is 0.619. The van der Waals surface area contributed by atoms with Crippen molar-refractivity contribution < 1.29 is 18.1 Å². The van der Waals surface area contributed by atoms with Crippen LogP contribution in [0.25, 0.3) is 0 Å². The van der Waals surface area contributed by atoms with Gasteiger partial charge in [0.2, 0.25) is 0 Å². The molecule has 5 heteroatoms. The molecule has 2 bridgehead atoms. The van der Waals surface area contributed by atoms with Crippen LogP contribution in [0.4, 0.5) is 0 Å².